The van der Waals surface area contributed by atoms with E-state index in [1.54, 1.807) is 14.2 Å². The number of rotatable bonds is 7. The molecule has 2 N–H and O–H groups in total. The third-order valence-corrected chi connectivity index (χ3v) is 3.98. The number of hydrogen-bond acceptors (Lipinski definition) is 4. The molecule has 6 heteroatoms. The van der Waals surface area contributed by atoms with Gasteiger partial charge in [0.2, 0.25) is 0 Å². The first kappa shape index (κ1) is 19.5. The van der Waals surface area contributed by atoms with Gasteiger partial charge >= 0.3 is 11.8 Å². The third-order valence-electron chi connectivity index (χ3n) is 3.98. The molecule has 2 aromatic carbocycles. The summed E-state index contributed by atoms with van der Waals surface area (Å²) < 4.78 is 10.6. The van der Waals surface area contributed by atoms with Crippen molar-refractivity contribution in [1.82, 2.24) is 10.6 Å². The van der Waals surface area contributed by atoms with Crippen molar-refractivity contribution >= 4 is 11.8 Å². The van der Waals surface area contributed by atoms with E-state index in [4.69, 9.17) is 9.47 Å². The Labute approximate surface area is 153 Å². The van der Waals surface area contributed by atoms with E-state index in [0.29, 0.717) is 12.3 Å². The van der Waals surface area contributed by atoms with Gasteiger partial charge in [-0.2, -0.15) is 0 Å². The SMILES string of the molecule is COc1cccc(C(CNC(=O)C(=O)NCc2ccc(C)cc2)OC)c1. The molecule has 0 aromatic heterocycles. The van der Waals surface area contributed by atoms with Gasteiger partial charge in [0.1, 0.15) is 5.75 Å². The van der Waals surface area contributed by atoms with E-state index in [2.05, 4.69) is 10.6 Å². The van der Waals surface area contributed by atoms with E-state index in [-0.39, 0.29) is 12.6 Å². The van der Waals surface area contributed by atoms with E-state index in [9.17, 15) is 9.59 Å². The average molecular weight is 356 g/mol. The summed E-state index contributed by atoms with van der Waals surface area (Å²) in [5.74, 6) is -0.667. The van der Waals surface area contributed by atoms with Crippen LogP contribution in [-0.4, -0.2) is 32.6 Å². The maximum Gasteiger partial charge on any atom is 0.309 e. The first-order chi connectivity index (χ1) is 12.5. The number of ether oxygens (including phenoxy) is 2. The second-order valence-corrected chi connectivity index (χ2v) is 5.88. The van der Waals surface area contributed by atoms with Gasteiger partial charge < -0.3 is 20.1 Å². The Morgan fingerprint density at radius 3 is 2.35 bits per heavy atom. The van der Waals surface area contributed by atoms with Gasteiger partial charge in [-0.05, 0) is 30.2 Å². The molecule has 0 heterocycles. The Balaban J connectivity index is 1.85. The highest BCUT2D eigenvalue weighted by atomic mass is 16.5. The van der Waals surface area contributed by atoms with Gasteiger partial charge in [-0.25, -0.2) is 0 Å². The highest BCUT2D eigenvalue weighted by Crippen LogP contribution is 2.20. The number of carbonyl (C=O) groups is 2. The predicted octanol–water partition coefficient (Wildman–Crippen LogP) is 2.12. The Morgan fingerprint density at radius 1 is 1.00 bits per heavy atom. The second-order valence-electron chi connectivity index (χ2n) is 5.88. The molecule has 1 atom stereocenters. The number of methoxy groups -OCH3 is 2. The van der Waals surface area contributed by atoms with Crippen LogP contribution in [0.25, 0.3) is 0 Å². The molecule has 0 bridgehead atoms. The Kier molecular flexibility index (Phi) is 7.17. The molecule has 2 rings (SSSR count). The molecule has 6 nitrogen and oxygen atoms in total. The molecule has 0 saturated carbocycles. The molecule has 138 valence electrons. The normalized spacial score (nSPS) is 11.5. The van der Waals surface area contributed by atoms with Crippen LogP contribution in [-0.2, 0) is 20.9 Å². The van der Waals surface area contributed by atoms with Gasteiger partial charge in [0.15, 0.2) is 0 Å². The Bertz CT molecular complexity index is 744. The number of carbonyl (C=O) groups excluding carboxylic acids is 2. The van der Waals surface area contributed by atoms with Crippen LogP contribution in [0, 0.1) is 6.92 Å². The largest absolute Gasteiger partial charge is 0.497 e. The zero-order valence-corrected chi connectivity index (χ0v) is 15.2. The Morgan fingerprint density at radius 2 is 1.69 bits per heavy atom. The molecule has 0 spiro atoms. The quantitative estimate of drug-likeness (QED) is 0.745. The van der Waals surface area contributed by atoms with Crippen molar-refractivity contribution in [3.8, 4) is 5.75 Å². The fourth-order valence-electron chi connectivity index (χ4n) is 2.41. The van der Waals surface area contributed by atoms with Gasteiger partial charge in [-0.3, -0.25) is 9.59 Å². The topological polar surface area (TPSA) is 76.7 Å². The highest BCUT2D eigenvalue weighted by Gasteiger charge is 2.17. The molecule has 0 radical (unpaired) electrons. The van der Waals surface area contributed by atoms with Gasteiger partial charge in [0, 0.05) is 20.2 Å². The lowest BCUT2D eigenvalue weighted by atomic mass is 10.1. The predicted molar refractivity (Wildman–Crippen MR) is 98.8 cm³/mol. The van der Waals surface area contributed by atoms with Crippen molar-refractivity contribution in [1.29, 1.82) is 0 Å². The standard InChI is InChI=1S/C20H24N2O4/c1-14-7-9-15(10-8-14)12-21-19(23)20(24)22-13-18(26-3)16-5-4-6-17(11-16)25-2/h4-11,18H,12-13H2,1-3H3,(H,21,23)(H,22,24). The van der Waals surface area contributed by atoms with Crippen LogP contribution >= 0.6 is 0 Å². The van der Waals surface area contributed by atoms with Crippen LogP contribution in [0.2, 0.25) is 0 Å². The summed E-state index contributed by atoms with van der Waals surface area (Å²) in [6, 6.07) is 15.1. The molecule has 0 aliphatic carbocycles. The maximum atomic E-state index is 12.0. The van der Waals surface area contributed by atoms with E-state index >= 15 is 0 Å². The molecular weight excluding hydrogens is 332 g/mol. The molecule has 0 aliphatic rings. The lowest BCUT2D eigenvalue weighted by molar-refractivity contribution is -0.139. The zero-order chi connectivity index (χ0) is 18.9. The molecule has 26 heavy (non-hydrogen) atoms. The van der Waals surface area contributed by atoms with Crippen LogP contribution in [0.4, 0.5) is 0 Å². The van der Waals surface area contributed by atoms with E-state index in [1.807, 2.05) is 55.5 Å². The molecule has 0 saturated heterocycles. The van der Waals surface area contributed by atoms with Crippen LogP contribution < -0.4 is 15.4 Å². The Hall–Kier alpha value is -2.86. The molecule has 2 aromatic rings. The number of amides is 2. The number of aryl methyl sites for hydroxylation is 1. The maximum absolute atomic E-state index is 12.0. The smallest absolute Gasteiger partial charge is 0.309 e. The lowest BCUT2D eigenvalue weighted by Gasteiger charge is -2.17. The summed E-state index contributed by atoms with van der Waals surface area (Å²) in [4.78, 5) is 23.9. The highest BCUT2D eigenvalue weighted by molar-refractivity contribution is 6.35. The van der Waals surface area contributed by atoms with Crippen molar-refractivity contribution in [2.45, 2.75) is 19.6 Å². The number of hydrogen-bond donors (Lipinski definition) is 2. The monoisotopic (exact) mass is 356 g/mol. The summed E-state index contributed by atoms with van der Waals surface area (Å²) in [6.07, 6.45) is -0.376. The summed E-state index contributed by atoms with van der Waals surface area (Å²) in [6.45, 7) is 2.47. The fraction of sp³-hybridized carbons (Fsp3) is 0.300. The third kappa shape index (κ3) is 5.60. The molecular formula is C20H24N2O4. The van der Waals surface area contributed by atoms with E-state index < -0.39 is 11.8 Å². The lowest BCUT2D eigenvalue weighted by Crippen LogP contribution is -2.41. The first-order valence-corrected chi connectivity index (χ1v) is 8.31. The minimum absolute atomic E-state index is 0.181. The van der Waals surface area contributed by atoms with Gasteiger partial charge in [-0.1, -0.05) is 42.0 Å². The zero-order valence-electron chi connectivity index (χ0n) is 15.2. The minimum atomic E-state index is -0.693. The average Bonchev–Trinajstić information content (AvgIpc) is 2.67. The van der Waals surface area contributed by atoms with Gasteiger partial charge in [0.05, 0.1) is 13.2 Å². The van der Waals surface area contributed by atoms with Crippen molar-refractivity contribution in [3.05, 3.63) is 65.2 Å². The second kappa shape index (κ2) is 9.58. The summed E-state index contributed by atoms with van der Waals surface area (Å²) in [7, 11) is 3.13. The number of benzene rings is 2. The van der Waals surface area contributed by atoms with Crippen LogP contribution in [0.15, 0.2) is 48.5 Å². The fourth-order valence-corrected chi connectivity index (χ4v) is 2.41. The van der Waals surface area contributed by atoms with Crippen LogP contribution in [0.5, 0.6) is 5.75 Å². The van der Waals surface area contributed by atoms with Crippen molar-refractivity contribution in [2.24, 2.45) is 0 Å². The summed E-state index contributed by atoms with van der Waals surface area (Å²) in [5, 5.41) is 5.20. The minimum Gasteiger partial charge on any atom is -0.497 e. The summed E-state index contributed by atoms with van der Waals surface area (Å²) in [5.41, 5.74) is 2.93. The van der Waals surface area contributed by atoms with Crippen molar-refractivity contribution in [3.63, 3.8) is 0 Å². The summed E-state index contributed by atoms with van der Waals surface area (Å²) >= 11 is 0. The number of nitrogens with one attached hydrogen (secondary N) is 2. The molecule has 0 fully saturated rings. The van der Waals surface area contributed by atoms with Crippen LogP contribution in [0.3, 0.4) is 0 Å². The molecule has 0 aliphatic heterocycles. The van der Waals surface area contributed by atoms with Crippen molar-refractivity contribution in [2.75, 3.05) is 20.8 Å². The van der Waals surface area contributed by atoms with E-state index in [0.717, 1.165) is 16.7 Å². The first-order valence-electron chi connectivity index (χ1n) is 8.31. The van der Waals surface area contributed by atoms with Gasteiger partial charge in [-0.15, -0.1) is 0 Å². The molecule has 1 unspecified atom stereocenters. The van der Waals surface area contributed by atoms with E-state index in [1.165, 1.54) is 0 Å². The van der Waals surface area contributed by atoms with Crippen molar-refractivity contribution < 1.29 is 19.1 Å². The van der Waals surface area contributed by atoms with Crippen LogP contribution in [0.1, 0.15) is 22.8 Å². The van der Waals surface area contributed by atoms with Gasteiger partial charge in [0.25, 0.3) is 0 Å². The molecule has 2 amide bonds.